The zero-order chi connectivity index (χ0) is 9.47. The summed E-state index contributed by atoms with van der Waals surface area (Å²) in [5.41, 5.74) is 5.37. The van der Waals surface area contributed by atoms with Crippen molar-refractivity contribution in [2.75, 3.05) is 0 Å². The monoisotopic (exact) mass is 176 g/mol. The third-order valence-corrected chi connectivity index (χ3v) is 4.07. The maximum absolute atomic E-state index is 4.14. The lowest BCUT2D eigenvalue weighted by Gasteiger charge is -2.35. The molecule has 0 saturated heterocycles. The van der Waals surface area contributed by atoms with E-state index >= 15 is 0 Å². The summed E-state index contributed by atoms with van der Waals surface area (Å²) in [5.74, 6) is 0. The van der Waals surface area contributed by atoms with Crippen molar-refractivity contribution in [3.63, 3.8) is 0 Å². The molecule has 1 atom stereocenters. The highest BCUT2D eigenvalue weighted by atomic mass is 14.4. The van der Waals surface area contributed by atoms with Gasteiger partial charge in [0.1, 0.15) is 0 Å². The summed E-state index contributed by atoms with van der Waals surface area (Å²) in [6.07, 6.45) is 8.16. The van der Waals surface area contributed by atoms with Gasteiger partial charge in [0.05, 0.1) is 0 Å². The zero-order valence-corrected chi connectivity index (χ0v) is 8.95. The summed E-state index contributed by atoms with van der Waals surface area (Å²) >= 11 is 0. The van der Waals surface area contributed by atoms with Gasteiger partial charge in [0.25, 0.3) is 0 Å². The summed E-state index contributed by atoms with van der Waals surface area (Å²) in [6, 6.07) is 0. The van der Waals surface area contributed by atoms with Crippen LogP contribution < -0.4 is 0 Å². The average Bonchev–Trinajstić information content (AvgIpc) is 2.50. The Balaban J connectivity index is 2.20. The van der Waals surface area contributed by atoms with E-state index in [4.69, 9.17) is 0 Å². The molecule has 0 aromatic rings. The first-order valence-electron chi connectivity index (χ1n) is 5.47. The maximum atomic E-state index is 4.14. The quantitative estimate of drug-likeness (QED) is 0.524. The van der Waals surface area contributed by atoms with Crippen LogP contribution in [-0.2, 0) is 0 Å². The van der Waals surface area contributed by atoms with Crippen LogP contribution in [0, 0.1) is 5.41 Å². The van der Waals surface area contributed by atoms with E-state index in [0.717, 1.165) is 0 Å². The van der Waals surface area contributed by atoms with Crippen LogP contribution in [0.5, 0.6) is 0 Å². The van der Waals surface area contributed by atoms with Gasteiger partial charge in [0.2, 0.25) is 0 Å². The Morgan fingerprint density at radius 3 is 2.62 bits per heavy atom. The van der Waals surface area contributed by atoms with Crippen LogP contribution in [0.15, 0.2) is 23.3 Å². The van der Waals surface area contributed by atoms with Crippen molar-refractivity contribution in [2.45, 2.75) is 52.4 Å². The molecule has 0 heterocycles. The van der Waals surface area contributed by atoms with E-state index < -0.39 is 0 Å². The molecule has 0 aliphatic heterocycles. The third-order valence-electron chi connectivity index (χ3n) is 4.07. The second kappa shape index (κ2) is 3.01. The lowest BCUT2D eigenvalue weighted by Crippen LogP contribution is -2.21. The number of rotatable bonds is 1. The Labute approximate surface area is 81.7 Å². The lowest BCUT2D eigenvalue weighted by molar-refractivity contribution is 0.342. The second-order valence-corrected chi connectivity index (χ2v) is 5.08. The van der Waals surface area contributed by atoms with Crippen molar-refractivity contribution in [2.24, 2.45) is 5.41 Å². The van der Waals surface area contributed by atoms with Gasteiger partial charge in [-0.1, -0.05) is 30.2 Å². The van der Waals surface area contributed by atoms with Crippen molar-refractivity contribution in [3.8, 4) is 0 Å². The average molecular weight is 176 g/mol. The van der Waals surface area contributed by atoms with Crippen molar-refractivity contribution >= 4 is 0 Å². The normalized spacial score (nSPS) is 33.4. The predicted octanol–water partition coefficient (Wildman–Crippen LogP) is 4.23. The molecule has 0 aromatic carbocycles. The van der Waals surface area contributed by atoms with Crippen LogP contribution in [0.4, 0.5) is 0 Å². The van der Waals surface area contributed by atoms with Crippen LogP contribution >= 0.6 is 0 Å². The first-order valence-corrected chi connectivity index (χ1v) is 5.47. The molecular weight excluding hydrogens is 156 g/mol. The van der Waals surface area contributed by atoms with Crippen LogP contribution in [0.1, 0.15) is 52.4 Å². The summed E-state index contributed by atoms with van der Waals surface area (Å²) < 4.78 is 0. The van der Waals surface area contributed by atoms with Crippen molar-refractivity contribution in [1.82, 2.24) is 0 Å². The smallest absolute Gasteiger partial charge is 0.00816 e. The Bertz CT molecular complexity index is 270. The van der Waals surface area contributed by atoms with Crippen molar-refractivity contribution in [1.29, 1.82) is 0 Å². The molecule has 0 fully saturated rings. The number of allylic oxidation sites excluding steroid dienone is 3. The van der Waals surface area contributed by atoms with Crippen molar-refractivity contribution in [3.05, 3.63) is 23.3 Å². The first kappa shape index (κ1) is 9.05. The molecule has 2 aliphatic carbocycles. The van der Waals surface area contributed by atoms with Gasteiger partial charge in [-0.3, -0.25) is 0 Å². The molecule has 0 aromatic heterocycles. The highest BCUT2D eigenvalue weighted by molar-refractivity contribution is 5.27. The molecule has 0 heteroatoms. The molecule has 0 spiro atoms. The fourth-order valence-corrected chi connectivity index (χ4v) is 2.73. The van der Waals surface area contributed by atoms with E-state index in [1.807, 2.05) is 0 Å². The van der Waals surface area contributed by atoms with Gasteiger partial charge in [-0.2, -0.15) is 0 Å². The Hall–Kier alpha value is -0.520. The van der Waals surface area contributed by atoms with Gasteiger partial charge < -0.3 is 0 Å². The molecule has 0 radical (unpaired) electrons. The highest BCUT2D eigenvalue weighted by Crippen LogP contribution is 2.48. The van der Waals surface area contributed by atoms with Gasteiger partial charge in [0.15, 0.2) is 0 Å². The van der Waals surface area contributed by atoms with Crippen molar-refractivity contribution < 1.29 is 0 Å². The SMILES string of the molecule is C=C(C)C1(C)CCC2=C(CCC2)C1. The molecule has 72 valence electrons. The topological polar surface area (TPSA) is 0 Å². The van der Waals surface area contributed by atoms with E-state index in [1.54, 1.807) is 11.1 Å². The zero-order valence-electron chi connectivity index (χ0n) is 8.95. The van der Waals surface area contributed by atoms with Crippen LogP contribution in [0.2, 0.25) is 0 Å². The predicted molar refractivity (Wildman–Crippen MR) is 57.6 cm³/mol. The minimum absolute atomic E-state index is 0.420. The van der Waals surface area contributed by atoms with E-state index in [-0.39, 0.29) is 0 Å². The molecule has 0 N–H and O–H groups in total. The van der Waals surface area contributed by atoms with Gasteiger partial charge in [-0.15, -0.1) is 0 Å². The fourth-order valence-electron chi connectivity index (χ4n) is 2.73. The minimum Gasteiger partial charge on any atom is -0.0996 e. The molecule has 0 bridgehead atoms. The molecule has 2 aliphatic rings. The number of hydrogen-bond donors (Lipinski definition) is 0. The molecular formula is C13H20. The standard InChI is InChI=1S/C13H20/c1-10(2)13(3)8-7-11-5-4-6-12(11)9-13/h1,4-9H2,2-3H3. The molecule has 2 rings (SSSR count). The van der Waals surface area contributed by atoms with E-state index in [0.29, 0.717) is 5.41 Å². The second-order valence-electron chi connectivity index (χ2n) is 5.08. The molecule has 0 amide bonds. The summed E-state index contributed by atoms with van der Waals surface area (Å²) in [7, 11) is 0. The maximum Gasteiger partial charge on any atom is -0.00816 e. The Morgan fingerprint density at radius 2 is 1.92 bits per heavy atom. The highest BCUT2D eigenvalue weighted by Gasteiger charge is 2.33. The molecule has 1 unspecified atom stereocenters. The number of hydrogen-bond acceptors (Lipinski definition) is 0. The Morgan fingerprint density at radius 1 is 1.23 bits per heavy atom. The third kappa shape index (κ3) is 1.47. The summed E-state index contributed by atoms with van der Waals surface area (Å²) in [6.45, 7) is 8.72. The summed E-state index contributed by atoms with van der Waals surface area (Å²) in [5, 5.41) is 0. The van der Waals surface area contributed by atoms with Crippen LogP contribution in [-0.4, -0.2) is 0 Å². The molecule has 0 nitrogen and oxygen atoms in total. The minimum atomic E-state index is 0.420. The first-order chi connectivity index (χ1) is 6.12. The lowest BCUT2D eigenvalue weighted by atomic mass is 9.70. The van der Waals surface area contributed by atoms with Crippen LogP contribution in [0.25, 0.3) is 0 Å². The molecule has 0 saturated carbocycles. The van der Waals surface area contributed by atoms with Gasteiger partial charge in [-0.25, -0.2) is 0 Å². The van der Waals surface area contributed by atoms with E-state index in [9.17, 15) is 0 Å². The van der Waals surface area contributed by atoms with Gasteiger partial charge in [0, 0.05) is 0 Å². The Kier molecular flexibility index (Phi) is 2.09. The van der Waals surface area contributed by atoms with Crippen LogP contribution in [0.3, 0.4) is 0 Å². The van der Waals surface area contributed by atoms with Gasteiger partial charge in [-0.05, 0) is 50.9 Å². The summed E-state index contributed by atoms with van der Waals surface area (Å²) in [4.78, 5) is 0. The van der Waals surface area contributed by atoms with E-state index in [1.165, 1.54) is 44.1 Å². The van der Waals surface area contributed by atoms with E-state index in [2.05, 4.69) is 20.4 Å². The largest absolute Gasteiger partial charge is 0.0996 e. The molecule has 13 heavy (non-hydrogen) atoms. The fraction of sp³-hybridized carbons (Fsp3) is 0.692. The van der Waals surface area contributed by atoms with Gasteiger partial charge >= 0.3 is 0 Å².